The fourth-order valence-electron chi connectivity index (χ4n) is 2.67. The predicted octanol–water partition coefficient (Wildman–Crippen LogP) is 3.79. The van der Waals surface area contributed by atoms with E-state index >= 15 is 0 Å². The molecule has 1 aliphatic heterocycles. The van der Waals surface area contributed by atoms with E-state index in [1.54, 1.807) is 58.8 Å². The minimum absolute atomic E-state index is 0.0525. The summed E-state index contributed by atoms with van der Waals surface area (Å²) in [5.74, 6) is 0.302. The van der Waals surface area contributed by atoms with Crippen LogP contribution < -0.4 is 14.8 Å². The molecule has 8 heteroatoms. The van der Waals surface area contributed by atoms with E-state index in [1.165, 1.54) is 17.8 Å². The van der Waals surface area contributed by atoms with Crippen LogP contribution in [0.15, 0.2) is 46.9 Å². The van der Waals surface area contributed by atoms with Crippen LogP contribution in [0.4, 0.5) is 5.69 Å². The SMILES string of the molecule is COC.COc1ccc2c(c1OC)SCC(C(=O)Nc1ccccc1C(=O)O)=C2. The number of carbonyl (C=O) groups is 2. The van der Waals surface area contributed by atoms with Crippen molar-refractivity contribution in [2.24, 2.45) is 0 Å². The Hall–Kier alpha value is -2.97. The normalized spacial score (nSPS) is 11.9. The Morgan fingerprint density at radius 2 is 1.72 bits per heavy atom. The second-order valence-electron chi connectivity index (χ2n) is 5.89. The number of fused-ring (bicyclic) bond motifs is 1. The number of hydrogen-bond acceptors (Lipinski definition) is 6. The first kappa shape index (κ1) is 22.3. The second kappa shape index (κ2) is 10.5. The van der Waals surface area contributed by atoms with Crippen LogP contribution in [-0.2, 0) is 9.53 Å². The molecule has 2 aromatic carbocycles. The maximum absolute atomic E-state index is 12.6. The molecule has 0 unspecified atom stereocenters. The van der Waals surface area contributed by atoms with Gasteiger partial charge in [-0.3, -0.25) is 4.79 Å². The first-order chi connectivity index (χ1) is 14.0. The van der Waals surface area contributed by atoms with Gasteiger partial charge in [-0.25, -0.2) is 4.79 Å². The van der Waals surface area contributed by atoms with Gasteiger partial charge in [0.25, 0.3) is 5.91 Å². The van der Waals surface area contributed by atoms with Crippen molar-refractivity contribution < 1.29 is 28.9 Å². The van der Waals surface area contributed by atoms with Crippen molar-refractivity contribution in [2.75, 3.05) is 39.5 Å². The molecule has 0 saturated heterocycles. The Balaban J connectivity index is 0.000000941. The lowest BCUT2D eigenvalue weighted by molar-refractivity contribution is -0.112. The summed E-state index contributed by atoms with van der Waals surface area (Å²) in [7, 11) is 6.40. The molecule has 0 saturated carbocycles. The topological polar surface area (TPSA) is 94.1 Å². The Morgan fingerprint density at radius 1 is 1.03 bits per heavy atom. The standard InChI is InChI=1S/C19H17NO5S.C2H6O/c1-24-15-8-7-11-9-12(10-26-17(11)16(15)25-2)18(21)20-14-6-4-3-5-13(14)19(22)23;1-3-2/h3-9H,10H2,1-2H3,(H,20,21)(H,22,23);1-2H3. The van der Waals surface area contributed by atoms with Gasteiger partial charge in [-0.05, 0) is 35.9 Å². The fraction of sp³-hybridized carbons (Fsp3) is 0.238. The van der Waals surface area contributed by atoms with Gasteiger partial charge in [0.2, 0.25) is 0 Å². The number of benzene rings is 2. The van der Waals surface area contributed by atoms with E-state index in [0.717, 1.165) is 10.5 Å². The monoisotopic (exact) mass is 417 g/mol. The number of carboxylic acids is 1. The van der Waals surface area contributed by atoms with Gasteiger partial charge in [0.1, 0.15) is 0 Å². The Morgan fingerprint density at radius 3 is 2.34 bits per heavy atom. The van der Waals surface area contributed by atoms with Crippen molar-refractivity contribution in [3.05, 3.63) is 53.1 Å². The molecule has 1 aliphatic rings. The van der Waals surface area contributed by atoms with E-state index in [4.69, 9.17) is 9.47 Å². The zero-order valence-corrected chi connectivity index (χ0v) is 17.5. The summed E-state index contributed by atoms with van der Waals surface area (Å²) in [4.78, 5) is 24.8. The highest BCUT2D eigenvalue weighted by Crippen LogP contribution is 2.44. The number of amides is 1. The molecule has 0 spiro atoms. The summed E-state index contributed by atoms with van der Waals surface area (Å²) >= 11 is 1.48. The van der Waals surface area contributed by atoms with Crippen LogP contribution in [0.3, 0.4) is 0 Å². The average Bonchev–Trinajstić information content (AvgIpc) is 2.73. The van der Waals surface area contributed by atoms with E-state index in [1.807, 2.05) is 6.07 Å². The van der Waals surface area contributed by atoms with Crippen molar-refractivity contribution in [1.29, 1.82) is 0 Å². The van der Waals surface area contributed by atoms with Crippen molar-refractivity contribution in [2.45, 2.75) is 4.90 Å². The molecule has 3 rings (SSSR count). The number of anilines is 1. The van der Waals surface area contributed by atoms with Crippen LogP contribution >= 0.6 is 11.8 Å². The minimum Gasteiger partial charge on any atom is -0.493 e. The molecule has 1 amide bonds. The lowest BCUT2D eigenvalue weighted by Gasteiger charge is -2.20. The second-order valence-corrected chi connectivity index (χ2v) is 6.88. The Kier molecular flexibility index (Phi) is 8.11. The smallest absolute Gasteiger partial charge is 0.337 e. The van der Waals surface area contributed by atoms with Gasteiger partial charge in [0.05, 0.1) is 30.4 Å². The third kappa shape index (κ3) is 5.30. The number of para-hydroxylation sites is 1. The van der Waals surface area contributed by atoms with Crippen molar-refractivity contribution in [3.8, 4) is 11.5 Å². The fourth-order valence-corrected chi connectivity index (χ4v) is 3.79. The first-order valence-corrected chi connectivity index (χ1v) is 9.57. The molecule has 2 aromatic rings. The van der Waals surface area contributed by atoms with Gasteiger partial charge >= 0.3 is 5.97 Å². The molecular formula is C21H23NO6S. The molecule has 0 bridgehead atoms. The third-order valence-electron chi connectivity index (χ3n) is 3.93. The zero-order valence-electron chi connectivity index (χ0n) is 16.6. The predicted molar refractivity (Wildman–Crippen MR) is 113 cm³/mol. The number of carbonyl (C=O) groups excluding carboxylic acids is 1. The minimum atomic E-state index is -1.09. The van der Waals surface area contributed by atoms with E-state index < -0.39 is 5.97 Å². The Labute approximate surface area is 173 Å². The summed E-state index contributed by atoms with van der Waals surface area (Å²) in [6.07, 6.45) is 1.78. The van der Waals surface area contributed by atoms with E-state index in [0.29, 0.717) is 22.8 Å². The van der Waals surface area contributed by atoms with Gasteiger partial charge in [-0.1, -0.05) is 12.1 Å². The molecule has 2 N–H and O–H groups in total. The quantitative estimate of drug-likeness (QED) is 0.764. The Bertz CT molecular complexity index is 925. The van der Waals surface area contributed by atoms with Crippen LogP contribution in [0.5, 0.6) is 11.5 Å². The summed E-state index contributed by atoms with van der Waals surface area (Å²) < 4.78 is 15.0. The maximum Gasteiger partial charge on any atom is 0.337 e. The number of aromatic carboxylic acids is 1. The van der Waals surface area contributed by atoms with Gasteiger partial charge in [0, 0.05) is 25.5 Å². The van der Waals surface area contributed by atoms with Crippen LogP contribution in [0.2, 0.25) is 0 Å². The highest BCUT2D eigenvalue weighted by Gasteiger charge is 2.23. The number of nitrogens with one attached hydrogen (secondary N) is 1. The molecular weight excluding hydrogens is 394 g/mol. The zero-order chi connectivity index (χ0) is 21.4. The highest BCUT2D eigenvalue weighted by atomic mass is 32.2. The van der Waals surface area contributed by atoms with Crippen LogP contribution in [0.25, 0.3) is 6.08 Å². The van der Waals surface area contributed by atoms with E-state index in [-0.39, 0.29) is 17.2 Å². The number of hydrogen-bond donors (Lipinski definition) is 2. The maximum atomic E-state index is 12.6. The summed E-state index contributed by atoms with van der Waals surface area (Å²) in [6, 6.07) is 9.97. The van der Waals surface area contributed by atoms with Crippen molar-refractivity contribution in [3.63, 3.8) is 0 Å². The number of rotatable bonds is 5. The summed E-state index contributed by atoms with van der Waals surface area (Å²) in [6.45, 7) is 0. The molecule has 0 aliphatic carbocycles. The number of ether oxygens (including phenoxy) is 3. The van der Waals surface area contributed by atoms with Gasteiger partial charge in [-0.2, -0.15) is 0 Å². The number of carboxylic acid groups (broad SMARTS) is 1. The molecule has 7 nitrogen and oxygen atoms in total. The van der Waals surface area contributed by atoms with Crippen LogP contribution in [-0.4, -0.2) is 51.2 Å². The van der Waals surface area contributed by atoms with Crippen LogP contribution in [0, 0.1) is 0 Å². The molecule has 29 heavy (non-hydrogen) atoms. The lowest BCUT2D eigenvalue weighted by Crippen LogP contribution is -2.19. The van der Waals surface area contributed by atoms with E-state index in [2.05, 4.69) is 10.1 Å². The van der Waals surface area contributed by atoms with E-state index in [9.17, 15) is 14.7 Å². The van der Waals surface area contributed by atoms with Gasteiger partial charge in [-0.15, -0.1) is 11.8 Å². The molecule has 0 aromatic heterocycles. The third-order valence-corrected chi connectivity index (χ3v) is 5.09. The molecule has 0 fully saturated rings. The number of methoxy groups -OCH3 is 3. The summed E-state index contributed by atoms with van der Waals surface area (Å²) in [5.41, 5.74) is 1.73. The molecule has 154 valence electrons. The molecule has 0 radical (unpaired) electrons. The lowest BCUT2D eigenvalue weighted by atomic mass is 10.1. The molecule has 1 heterocycles. The largest absolute Gasteiger partial charge is 0.493 e. The van der Waals surface area contributed by atoms with Crippen molar-refractivity contribution >= 4 is 35.4 Å². The molecule has 0 atom stereocenters. The van der Waals surface area contributed by atoms with Gasteiger partial charge < -0.3 is 24.6 Å². The first-order valence-electron chi connectivity index (χ1n) is 8.58. The van der Waals surface area contributed by atoms with Gasteiger partial charge in [0.15, 0.2) is 11.5 Å². The van der Waals surface area contributed by atoms with Crippen molar-refractivity contribution in [1.82, 2.24) is 0 Å². The summed E-state index contributed by atoms with van der Waals surface area (Å²) in [5, 5.41) is 11.9. The van der Waals surface area contributed by atoms with Crippen LogP contribution in [0.1, 0.15) is 15.9 Å². The highest BCUT2D eigenvalue weighted by molar-refractivity contribution is 7.99. The average molecular weight is 417 g/mol. The number of thioether (sulfide) groups is 1.